The van der Waals surface area contributed by atoms with E-state index >= 15 is 0 Å². The Balaban J connectivity index is 0.693. The summed E-state index contributed by atoms with van der Waals surface area (Å²) in [5.74, 6) is 18.1. The molecule has 83 heavy (non-hydrogen) atoms. The van der Waals surface area contributed by atoms with E-state index in [1.54, 1.807) is 17.7 Å². The van der Waals surface area contributed by atoms with E-state index in [-0.39, 0.29) is 18.0 Å². The van der Waals surface area contributed by atoms with Crippen LogP contribution in [0.15, 0.2) is 70.4 Å². The van der Waals surface area contributed by atoms with Crippen LogP contribution >= 0.6 is 0 Å². The number of rotatable bonds is 40. The standard InChI is InChI=1S/C77H118N2O4/c1-7-8-9-10-11-12-13-14-21-24-27-30-33-36-42-64-45-48-66(49-46-64)78-79-67-50-52-68(53-51-67)82-74(80)43-37-34-31-28-25-22-19-17-15-16-18-20-23-26-29-32-35-38-44-75(81)83-69-57-59-76(5)65(61-69)47-54-70-72-56-55-71(63(4)41-39-40-62(2)3)77(72,6)60-58-73(70)76/h45-53,62-63,69-73H,7-14,19-44,54-61H2,1-6H3/t63-,69?,70+,71-,72+,73+,76+,77-/m1/s1. The van der Waals surface area contributed by atoms with Crippen LogP contribution < -0.4 is 4.74 Å². The Bertz CT molecular complexity index is 2330. The molecule has 2 aromatic rings. The molecule has 8 atom stereocenters. The summed E-state index contributed by atoms with van der Waals surface area (Å²) in [5, 5.41) is 8.82. The number of hydrogen-bond acceptors (Lipinski definition) is 6. The van der Waals surface area contributed by atoms with E-state index < -0.39 is 0 Å². The Hall–Kier alpha value is -4.16. The second-order valence-corrected chi connectivity index (χ2v) is 27.7. The SMILES string of the molecule is CCCCCCCCCCCCCCCCc1ccc(N=Nc2ccc(OC(=O)CCCCCCCCC#CC#CCCCCCCCCC(=O)OC3CC[C@@]4(C)C(=CC[C@H]5[C@@H]6CC[C@H]([C@H](C)CCCC(C)C)[C@@]6(C)CC[C@@H]54)C3)cc2)cc1. The van der Waals surface area contributed by atoms with E-state index in [1.807, 2.05) is 24.3 Å². The van der Waals surface area contributed by atoms with Gasteiger partial charge in [0, 0.05) is 32.1 Å². The molecule has 2 aromatic carbocycles. The summed E-state index contributed by atoms with van der Waals surface area (Å²) in [7, 11) is 0. The third-order valence-electron chi connectivity index (χ3n) is 20.8. The molecular formula is C77H118N2O4. The Morgan fingerprint density at radius 2 is 1.10 bits per heavy atom. The Morgan fingerprint density at radius 1 is 0.566 bits per heavy atom. The molecule has 3 saturated carbocycles. The van der Waals surface area contributed by atoms with Gasteiger partial charge < -0.3 is 9.47 Å². The van der Waals surface area contributed by atoms with Crippen LogP contribution in [0.4, 0.5) is 11.4 Å². The Kier molecular flexibility index (Phi) is 31.8. The van der Waals surface area contributed by atoms with Crippen LogP contribution in [0, 0.1) is 70.0 Å². The molecule has 1 unspecified atom stereocenters. The van der Waals surface area contributed by atoms with Crippen LogP contribution in [-0.4, -0.2) is 18.0 Å². The van der Waals surface area contributed by atoms with Crippen molar-refractivity contribution in [2.24, 2.45) is 56.6 Å². The fourth-order valence-corrected chi connectivity index (χ4v) is 15.7. The first-order chi connectivity index (χ1) is 40.5. The quantitative estimate of drug-likeness (QED) is 0.0166. The predicted molar refractivity (Wildman–Crippen MR) is 349 cm³/mol. The minimum absolute atomic E-state index is 0.0181. The number of aryl methyl sites for hydroxylation is 1. The molecule has 0 radical (unpaired) electrons. The number of nitrogens with zero attached hydrogens (tertiary/aromatic N) is 2. The summed E-state index contributed by atoms with van der Waals surface area (Å²) in [6.07, 6.45) is 53.4. The van der Waals surface area contributed by atoms with E-state index in [1.165, 1.54) is 173 Å². The van der Waals surface area contributed by atoms with Crippen molar-refractivity contribution in [3.05, 3.63) is 65.7 Å². The number of azo groups is 1. The zero-order chi connectivity index (χ0) is 58.8. The Labute approximate surface area is 508 Å². The number of ether oxygens (including phenoxy) is 2. The van der Waals surface area contributed by atoms with Gasteiger partial charge in [0.15, 0.2) is 0 Å². The summed E-state index contributed by atoms with van der Waals surface area (Å²) in [6, 6.07) is 15.7. The number of unbranched alkanes of at least 4 members (excludes halogenated alkanes) is 25. The van der Waals surface area contributed by atoms with Gasteiger partial charge in [-0.05, 0) is 184 Å². The average Bonchev–Trinajstić information content (AvgIpc) is 2.00. The number of benzene rings is 2. The lowest BCUT2D eigenvalue weighted by atomic mass is 9.47. The van der Waals surface area contributed by atoms with Gasteiger partial charge in [0.05, 0.1) is 11.4 Å². The first-order valence-corrected chi connectivity index (χ1v) is 35.1. The second kappa shape index (κ2) is 38.8. The highest BCUT2D eigenvalue weighted by Gasteiger charge is 2.59. The molecule has 4 aliphatic carbocycles. The summed E-state index contributed by atoms with van der Waals surface area (Å²) in [5.41, 5.74) is 5.38. The molecule has 0 spiro atoms. The van der Waals surface area contributed by atoms with Gasteiger partial charge in [-0.25, -0.2) is 0 Å². The van der Waals surface area contributed by atoms with Crippen molar-refractivity contribution in [1.82, 2.24) is 0 Å². The second-order valence-electron chi connectivity index (χ2n) is 27.7. The van der Waals surface area contributed by atoms with E-state index in [0.717, 1.165) is 137 Å². The van der Waals surface area contributed by atoms with Gasteiger partial charge in [0.25, 0.3) is 0 Å². The first kappa shape index (κ1) is 68.0. The predicted octanol–water partition coefficient (Wildman–Crippen LogP) is 23.2. The molecule has 6 nitrogen and oxygen atoms in total. The van der Waals surface area contributed by atoms with Crippen molar-refractivity contribution in [1.29, 1.82) is 0 Å². The van der Waals surface area contributed by atoms with E-state index in [0.29, 0.717) is 29.4 Å². The van der Waals surface area contributed by atoms with Gasteiger partial charge in [-0.2, -0.15) is 10.2 Å². The fraction of sp³-hybridized carbons (Fsp3) is 0.740. The molecule has 0 amide bonds. The summed E-state index contributed by atoms with van der Waals surface area (Å²) in [6.45, 7) is 14.9. The van der Waals surface area contributed by atoms with Crippen molar-refractivity contribution in [3.63, 3.8) is 0 Å². The lowest BCUT2D eigenvalue weighted by Gasteiger charge is -2.58. The number of carbonyl (C=O) groups is 2. The van der Waals surface area contributed by atoms with Crippen LogP contribution in [0.2, 0.25) is 0 Å². The number of carbonyl (C=O) groups excluding carboxylic acids is 2. The van der Waals surface area contributed by atoms with Crippen LogP contribution in [0.25, 0.3) is 0 Å². The summed E-state index contributed by atoms with van der Waals surface area (Å²) in [4.78, 5) is 25.5. The van der Waals surface area contributed by atoms with Crippen molar-refractivity contribution in [2.45, 2.75) is 317 Å². The minimum Gasteiger partial charge on any atom is -0.462 e. The number of fused-ring (bicyclic) bond motifs is 5. The molecule has 0 bridgehead atoms. The Morgan fingerprint density at radius 3 is 1.67 bits per heavy atom. The van der Waals surface area contributed by atoms with Gasteiger partial charge in [0.2, 0.25) is 0 Å². The highest BCUT2D eigenvalue weighted by molar-refractivity contribution is 5.72. The van der Waals surface area contributed by atoms with Gasteiger partial charge >= 0.3 is 11.9 Å². The number of allylic oxidation sites excluding steroid dienone is 1. The van der Waals surface area contributed by atoms with Crippen LogP contribution in [0.1, 0.15) is 310 Å². The maximum Gasteiger partial charge on any atom is 0.311 e. The van der Waals surface area contributed by atoms with E-state index in [2.05, 4.69) is 93.7 Å². The minimum atomic E-state index is -0.188. The molecule has 0 aliphatic heterocycles. The van der Waals surface area contributed by atoms with Gasteiger partial charge in [-0.15, -0.1) is 0 Å². The molecule has 0 aromatic heterocycles. The molecular weight excluding hydrogens is 1020 g/mol. The molecule has 0 heterocycles. The monoisotopic (exact) mass is 1130 g/mol. The number of hydrogen-bond donors (Lipinski definition) is 0. The van der Waals surface area contributed by atoms with Gasteiger partial charge in [-0.1, -0.05) is 231 Å². The average molecular weight is 1140 g/mol. The topological polar surface area (TPSA) is 77.3 Å². The lowest BCUT2D eigenvalue weighted by molar-refractivity contribution is -0.151. The first-order valence-electron chi connectivity index (χ1n) is 35.1. The smallest absolute Gasteiger partial charge is 0.311 e. The van der Waals surface area contributed by atoms with E-state index in [9.17, 15) is 9.59 Å². The highest BCUT2D eigenvalue weighted by Crippen LogP contribution is 2.67. The summed E-state index contributed by atoms with van der Waals surface area (Å²) >= 11 is 0. The normalized spacial score (nSPS) is 23.1. The largest absolute Gasteiger partial charge is 0.462 e. The molecule has 0 N–H and O–H groups in total. The fourth-order valence-electron chi connectivity index (χ4n) is 15.7. The maximum absolute atomic E-state index is 13.0. The van der Waals surface area contributed by atoms with Crippen molar-refractivity contribution in [3.8, 4) is 29.4 Å². The lowest BCUT2D eigenvalue weighted by Crippen LogP contribution is -2.51. The zero-order valence-electron chi connectivity index (χ0n) is 54.0. The van der Waals surface area contributed by atoms with Crippen molar-refractivity contribution < 1.29 is 19.1 Å². The highest BCUT2D eigenvalue weighted by atomic mass is 16.5. The molecule has 6 rings (SSSR count). The van der Waals surface area contributed by atoms with E-state index in [4.69, 9.17) is 9.47 Å². The van der Waals surface area contributed by atoms with Crippen molar-refractivity contribution >= 4 is 23.3 Å². The van der Waals surface area contributed by atoms with Crippen LogP contribution in [-0.2, 0) is 20.7 Å². The van der Waals surface area contributed by atoms with Gasteiger partial charge in [-0.3, -0.25) is 9.59 Å². The summed E-state index contributed by atoms with van der Waals surface area (Å²) < 4.78 is 11.7. The molecule has 4 aliphatic rings. The number of esters is 2. The molecule has 3 fully saturated rings. The molecule has 460 valence electrons. The third-order valence-corrected chi connectivity index (χ3v) is 20.8. The molecule has 6 heteroatoms. The van der Waals surface area contributed by atoms with Gasteiger partial charge in [0.1, 0.15) is 11.9 Å². The third kappa shape index (κ3) is 24.3. The molecule has 0 saturated heterocycles. The zero-order valence-corrected chi connectivity index (χ0v) is 54.0. The van der Waals surface area contributed by atoms with Crippen LogP contribution in [0.3, 0.4) is 0 Å². The van der Waals surface area contributed by atoms with Crippen LogP contribution in [0.5, 0.6) is 5.75 Å². The maximum atomic E-state index is 13.0. The van der Waals surface area contributed by atoms with Crippen molar-refractivity contribution in [2.75, 3.05) is 0 Å².